The molecule has 0 aromatic heterocycles. The molecule has 74 valence electrons. The van der Waals surface area contributed by atoms with E-state index in [4.69, 9.17) is 11.5 Å². The third kappa shape index (κ3) is 115. The molecule has 0 aromatic carbocycles. The third-order valence-corrected chi connectivity index (χ3v) is 0.496. The van der Waals surface area contributed by atoms with Gasteiger partial charge in [-0.15, -0.1) is 0 Å². The molecule has 0 aliphatic carbocycles. The Morgan fingerprint density at radius 3 is 1.08 bits per heavy atom. The van der Waals surface area contributed by atoms with Crippen LogP contribution in [-0.4, -0.2) is 13.1 Å². The SMILES string of the molecule is C/C=C\C=C/C.CCN.CCN. The van der Waals surface area contributed by atoms with E-state index in [1.165, 1.54) is 0 Å². The number of rotatable bonds is 1. The van der Waals surface area contributed by atoms with Crippen LogP contribution in [0.3, 0.4) is 0 Å². The van der Waals surface area contributed by atoms with Gasteiger partial charge < -0.3 is 11.5 Å². The Morgan fingerprint density at radius 2 is 1.00 bits per heavy atom. The fourth-order valence-corrected chi connectivity index (χ4v) is 0.222. The van der Waals surface area contributed by atoms with Crippen molar-refractivity contribution in [3.63, 3.8) is 0 Å². The minimum atomic E-state index is 0.750. The van der Waals surface area contributed by atoms with E-state index in [-0.39, 0.29) is 0 Å². The number of nitrogens with two attached hydrogens (primary N) is 2. The maximum absolute atomic E-state index is 4.85. The molecule has 0 aromatic rings. The lowest BCUT2D eigenvalue weighted by atomic mass is 10.5. The van der Waals surface area contributed by atoms with Crippen LogP contribution in [0.4, 0.5) is 0 Å². The molecule has 0 fully saturated rings. The molecule has 0 saturated carbocycles. The van der Waals surface area contributed by atoms with Crippen LogP contribution in [0, 0.1) is 0 Å². The average Bonchev–Trinajstić information content (AvgIpc) is 2.04. The van der Waals surface area contributed by atoms with Gasteiger partial charge in [0.25, 0.3) is 0 Å². The van der Waals surface area contributed by atoms with Gasteiger partial charge in [0.2, 0.25) is 0 Å². The largest absolute Gasteiger partial charge is 0.331 e. The molecule has 12 heavy (non-hydrogen) atoms. The highest BCUT2D eigenvalue weighted by atomic mass is 14.5. The van der Waals surface area contributed by atoms with Crippen molar-refractivity contribution in [2.75, 3.05) is 13.1 Å². The van der Waals surface area contributed by atoms with E-state index < -0.39 is 0 Å². The van der Waals surface area contributed by atoms with Crippen LogP contribution in [0.5, 0.6) is 0 Å². The van der Waals surface area contributed by atoms with Crippen molar-refractivity contribution in [1.82, 2.24) is 0 Å². The summed E-state index contributed by atoms with van der Waals surface area (Å²) in [7, 11) is 0. The number of allylic oxidation sites excluding steroid dienone is 4. The second kappa shape index (κ2) is 31.5. The molecule has 2 heteroatoms. The van der Waals surface area contributed by atoms with E-state index in [9.17, 15) is 0 Å². The molecule has 0 spiro atoms. The first-order chi connectivity index (χ1) is 5.74. The van der Waals surface area contributed by atoms with Gasteiger partial charge in [0, 0.05) is 0 Å². The summed E-state index contributed by atoms with van der Waals surface area (Å²) in [6.07, 6.45) is 8.00. The molecule has 0 bridgehead atoms. The summed E-state index contributed by atoms with van der Waals surface area (Å²) >= 11 is 0. The molecule has 0 saturated heterocycles. The standard InChI is InChI=1S/C6H10.2C2H7N/c1-3-5-6-4-2;2*1-2-3/h3-6H,1-2H3;2*2-3H2,1H3/b5-3-,6-4-;;. The van der Waals surface area contributed by atoms with Gasteiger partial charge >= 0.3 is 0 Å². The molecular weight excluding hydrogens is 148 g/mol. The van der Waals surface area contributed by atoms with Gasteiger partial charge in [-0.05, 0) is 26.9 Å². The zero-order chi connectivity index (χ0) is 10.2. The highest BCUT2D eigenvalue weighted by Crippen LogP contribution is 1.71. The van der Waals surface area contributed by atoms with Crippen molar-refractivity contribution >= 4 is 0 Å². The molecule has 0 radical (unpaired) electrons. The predicted molar refractivity (Wildman–Crippen MR) is 59.1 cm³/mol. The maximum Gasteiger partial charge on any atom is -0.0106 e. The van der Waals surface area contributed by atoms with E-state index in [1.807, 2.05) is 52.0 Å². The molecule has 0 atom stereocenters. The van der Waals surface area contributed by atoms with E-state index >= 15 is 0 Å². The van der Waals surface area contributed by atoms with Crippen molar-refractivity contribution < 1.29 is 0 Å². The van der Waals surface area contributed by atoms with E-state index in [2.05, 4.69) is 0 Å². The first-order valence-corrected chi connectivity index (χ1v) is 4.39. The zero-order valence-corrected chi connectivity index (χ0v) is 8.88. The van der Waals surface area contributed by atoms with Gasteiger partial charge in [0.1, 0.15) is 0 Å². The average molecular weight is 172 g/mol. The Morgan fingerprint density at radius 1 is 0.833 bits per heavy atom. The first kappa shape index (κ1) is 17.5. The summed E-state index contributed by atoms with van der Waals surface area (Å²) < 4.78 is 0. The van der Waals surface area contributed by atoms with Crippen LogP contribution >= 0.6 is 0 Å². The quantitative estimate of drug-likeness (QED) is 0.595. The second-order valence-electron chi connectivity index (χ2n) is 1.87. The molecular formula is C10H24N2. The van der Waals surface area contributed by atoms with E-state index in [0.717, 1.165) is 13.1 Å². The zero-order valence-electron chi connectivity index (χ0n) is 8.88. The Hall–Kier alpha value is -0.600. The van der Waals surface area contributed by atoms with Crippen LogP contribution < -0.4 is 11.5 Å². The summed E-state index contributed by atoms with van der Waals surface area (Å²) in [5, 5.41) is 0. The van der Waals surface area contributed by atoms with Crippen molar-refractivity contribution in [2.24, 2.45) is 11.5 Å². The van der Waals surface area contributed by atoms with Gasteiger partial charge in [-0.2, -0.15) is 0 Å². The Balaban J connectivity index is -0.000000115. The van der Waals surface area contributed by atoms with E-state index in [0.29, 0.717) is 0 Å². The fraction of sp³-hybridized carbons (Fsp3) is 0.600. The van der Waals surface area contributed by atoms with Crippen LogP contribution in [-0.2, 0) is 0 Å². The van der Waals surface area contributed by atoms with Crippen LogP contribution in [0.15, 0.2) is 24.3 Å². The van der Waals surface area contributed by atoms with Gasteiger partial charge in [0.05, 0.1) is 0 Å². The van der Waals surface area contributed by atoms with Gasteiger partial charge in [0.15, 0.2) is 0 Å². The molecule has 2 nitrogen and oxygen atoms in total. The highest BCUT2D eigenvalue weighted by molar-refractivity contribution is 4.98. The lowest BCUT2D eigenvalue weighted by Gasteiger charge is -1.62. The Bertz CT molecular complexity index is 73.8. The second-order valence-corrected chi connectivity index (χ2v) is 1.87. The maximum atomic E-state index is 4.85. The molecule has 0 heterocycles. The molecule has 0 unspecified atom stereocenters. The summed E-state index contributed by atoms with van der Waals surface area (Å²) in [6, 6.07) is 0. The third-order valence-electron chi connectivity index (χ3n) is 0.496. The van der Waals surface area contributed by atoms with Crippen molar-refractivity contribution in [1.29, 1.82) is 0 Å². The Labute approximate surface area is 77.3 Å². The molecule has 0 aliphatic heterocycles. The first-order valence-electron chi connectivity index (χ1n) is 4.39. The summed E-state index contributed by atoms with van der Waals surface area (Å²) in [6.45, 7) is 9.31. The lowest BCUT2D eigenvalue weighted by Crippen LogP contribution is -1.87. The van der Waals surface area contributed by atoms with Crippen molar-refractivity contribution in [2.45, 2.75) is 27.7 Å². The van der Waals surface area contributed by atoms with Crippen LogP contribution in [0.2, 0.25) is 0 Å². The van der Waals surface area contributed by atoms with Gasteiger partial charge in [-0.3, -0.25) is 0 Å². The number of hydrogen-bond acceptors (Lipinski definition) is 2. The van der Waals surface area contributed by atoms with Gasteiger partial charge in [-0.1, -0.05) is 38.2 Å². The summed E-state index contributed by atoms with van der Waals surface area (Å²) in [4.78, 5) is 0. The van der Waals surface area contributed by atoms with Crippen molar-refractivity contribution in [3.05, 3.63) is 24.3 Å². The van der Waals surface area contributed by atoms with Gasteiger partial charge in [-0.25, -0.2) is 0 Å². The minimum Gasteiger partial charge on any atom is -0.331 e. The monoisotopic (exact) mass is 172 g/mol. The smallest absolute Gasteiger partial charge is 0.0106 e. The van der Waals surface area contributed by atoms with E-state index in [1.54, 1.807) is 0 Å². The fourth-order valence-electron chi connectivity index (χ4n) is 0.222. The lowest BCUT2D eigenvalue weighted by molar-refractivity contribution is 1.14. The van der Waals surface area contributed by atoms with Crippen LogP contribution in [0.1, 0.15) is 27.7 Å². The molecule has 0 rings (SSSR count). The molecule has 4 N–H and O–H groups in total. The minimum absolute atomic E-state index is 0.750. The molecule has 0 aliphatic rings. The topological polar surface area (TPSA) is 52.0 Å². The Kier molecular flexibility index (Phi) is 45.9. The normalized spacial score (nSPS) is 8.83. The highest BCUT2D eigenvalue weighted by Gasteiger charge is 1.48. The molecule has 0 amide bonds. The summed E-state index contributed by atoms with van der Waals surface area (Å²) in [5.41, 5.74) is 9.69. The summed E-state index contributed by atoms with van der Waals surface area (Å²) in [5.74, 6) is 0. The van der Waals surface area contributed by atoms with Crippen molar-refractivity contribution in [3.8, 4) is 0 Å². The number of hydrogen-bond donors (Lipinski definition) is 2. The van der Waals surface area contributed by atoms with Crippen LogP contribution in [0.25, 0.3) is 0 Å². The predicted octanol–water partition coefficient (Wildman–Crippen LogP) is 2.07.